The van der Waals surface area contributed by atoms with Gasteiger partial charge in [0.1, 0.15) is 5.69 Å². The van der Waals surface area contributed by atoms with Crippen LogP contribution in [0, 0.1) is 5.92 Å². The van der Waals surface area contributed by atoms with Crippen molar-refractivity contribution >= 4 is 5.97 Å². The van der Waals surface area contributed by atoms with E-state index in [-0.39, 0.29) is 12.3 Å². The Morgan fingerprint density at radius 1 is 1.59 bits per heavy atom. The molecule has 7 nitrogen and oxygen atoms in total. The van der Waals surface area contributed by atoms with Crippen LogP contribution in [0.25, 0.3) is 11.6 Å². The van der Waals surface area contributed by atoms with Gasteiger partial charge in [-0.2, -0.15) is 5.10 Å². The van der Waals surface area contributed by atoms with Crippen LogP contribution < -0.4 is 0 Å². The van der Waals surface area contributed by atoms with Crippen LogP contribution in [-0.4, -0.2) is 31.5 Å². The number of nitrogens with one attached hydrogen (secondary N) is 1. The summed E-state index contributed by atoms with van der Waals surface area (Å²) in [4.78, 5) is 10.5. The van der Waals surface area contributed by atoms with Crippen LogP contribution >= 0.6 is 0 Å². The number of carboxylic acids is 1. The number of H-pyrrole nitrogens is 1. The van der Waals surface area contributed by atoms with Crippen LogP contribution in [0.15, 0.2) is 16.7 Å². The molecule has 90 valence electrons. The predicted molar refractivity (Wildman–Crippen MR) is 57.0 cm³/mol. The molecule has 0 aliphatic carbocycles. The molecule has 17 heavy (non-hydrogen) atoms. The third-order valence-corrected chi connectivity index (χ3v) is 2.24. The number of aromatic nitrogens is 4. The molecule has 0 amide bonds. The lowest BCUT2D eigenvalue weighted by Crippen LogP contribution is -2.07. The largest absolute Gasteiger partial charge is 0.481 e. The molecule has 2 heterocycles. The van der Waals surface area contributed by atoms with Crippen molar-refractivity contribution in [2.75, 3.05) is 0 Å². The number of carbonyl (C=O) groups is 1. The molecule has 0 aliphatic heterocycles. The van der Waals surface area contributed by atoms with E-state index in [4.69, 9.17) is 9.52 Å². The van der Waals surface area contributed by atoms with Gasteiger partial charge in [-0.1, -0.05) is 6.92 Å². The van der Waals surface area contributed by atoms with Crippen molar-refractivity contribution < 1.29 is 14.3 Å². The maximum Gasteiger partial charge on any atom is 0.303 e. The molecule has 7 heteroatoms. The van der Waals surface area contributed by atoms with Crippen LogP contribution in [0.3, 0.4) is 0 Å². The van der Waals surface area contributed by atoms with Gasteiger partial charge in [-0.15, -0.1) is 10.2 Å². The van der Waals surface area contributed by atoms with Gasteiger partial charge in [-0.25, -0.2) is 0 Å². The molecule has 2 N–H and O–H groups in total. The molecule has 0 fully saturated rings. The Balaban J connectivity index is 2.01. The Bertz CT molecular complexity index is 491. The first kappa shape index (κ1) is 11.3. The van der Waals surface area contributed by atoms with Crippen molar-refractivity contribution in [2.24, 2.45) is 5.92 Å². The summed E-state index contributed by atoms with van der Waals surface area (Å²) in [5.74, 6) is -0.0725. The topological polar surface area (TPSA) is 105 Å². The molecule has 0 saturated heterocycles. The SMILES string of the molecule is CC(CC(=O)O)Cc1nnc(-c2ccn[nH]2)o1. The van der Waals surface area contributed by atoms with Gasteiger partial charge < -0.3 is 9.52 Å². The molecule has 2 aromatic heterocycles. The average Bonchev–Trinajstić information content (AvgIpc) is 2.84. The second-order valence-electron chi connectivity index (χ2n) is 3.88. The zero-order valence-electron chi connectivity index (χ0n) is 9.25. The van der Waals surface area contributed by atoms with Gasteiger partial charge in [0, 0.05) is 19.0 Å². The third kappa shape index (κ3) is 2.90. The van der Waals surface area contributed by atoms with Gasteiger partial charge in [0.15, 0.2) is 0 Å². The van der Waals surface area contributed by atoms with Crippen LogP contribution in [0.4, 0.5) is 0 Å². The maximum atomic E-state index is 10.5. The Labute approximate surface area is 96.9 Å². The summed E-state index contributed by atoms with van der Waals surface area (Å²) in [6.45, 7) is 1.83. The molecule has 0 aromatic carbocycles. The van der Waals surface area contributed by atoms with Gasteiger partial charge in [-0.05, 0) is 12.0 Å². The lowest BCUT2D eigenvalue weighted by Gasteiger charge is -2.03. The first-order chi connectivity index (χ1) is 8.15. The van der Waals surface area contributed by atoms with Crippen molar-refractivity contribution in [2.45, 2.75) is 19.8 Å². The first-order valence-electron chi connectivity index (χ1n) is 5.19. The van der Waals surface area contributed by atoms with E-state index in [0.717, 1.165) is 0 Å². The van der Waals surface area contributed by atoms with Crippen molar-refractivity contribution in [1.29, 1.82) is 0 Å². The standard InChI is InChI=1S/C10H12N4O3/c1-6(5-9(15)16)4-8-13-14-10(17-8)7-2-3-11-12-7/h2-3,6H,4-5H2,1H3,(H,11,12)(H,15,16). The highest BCUT2D eigenvalue weighted by Gasteiger charge is 2.14. The van der Waals surface area contributed by atoms with Gasteiger partial charge in [0.25, 0.3) is 5.89 Å². The number of carboxylic acid groups (broad SMARTS) is 1. The summed E-state index contributed by atoms with van der Waals surface area (Å²) in [5.41, 5.74) is 0.648. The van der Waals surface area contributed by atoms with Crippen LogP contribution in [0.1, 0.15) is 19.2 Å². The highest BCUT2D eigenvalue weighted by Crippen LogP contribution is 2.17. The second kappa shape index (κ2) is 4.77. The van der Waals surface area contributed by atoms with Gasteiger partial charge >= 0.3 is 5.97 Å². The molecule has 0 bridgehead atoms. The molecule has 0 spiro atoms. The van der Waals surface area contributed by atoms with Crippen LogP contribution in [0.5, 0.6) is 0 Å². The fourth-order valence-corrected chi connectivity index (χ4v) is 1.49. The summed E-state index contributed by atoms with van der Waals surface area (Å²) < 4.78 is 5.39. The number of hydrogen-bond donors (Lipinski definition) is 2. The second-order valence-corrected chi connectivity index (χ2v) is 3.88. The van der Waals surface area contributed by atoms with Crippen molar-refractivity contribution in [1.82, 2.24) is 20.4 Å². The Morgan fingerprint density at radius 3 is 3.06 bits per heavy atom. The zero-order valence-corrected chi connectivity index (χ0v) is 9.25. The molecule has 1 atom stereocenters. The number of aliphatic carboxylic acids is 1. The minimum atomic E-state index is -0.828. The van der Waals surface area contributed by atoms with E-state index < -0.39 is 5.97 Å². The van der Waals surface area contributed by atoms with E-state index in [1.54, 1.807) is 12.3 Å². The number of hydrogen-bond acceptors (Lipinski definition) is 5. The van der Waals surface area contributed by atoms with E-state index in [0.29, 0.717) is 23.9 Å². The van der Waals surface area contributed by atoms with E-state index in [1.807, 2.05) is 6.92 Å². The van der Waals surface area contributed by atoms with Gasteiger partial charge in [0.2, 0.25) is 5.89 Å². The zero-order chi connectivity index (χ0) is 12.3. The summed E-state index contributed by atoms with van der Waals surface area (Å²) in [5, 5.41) is 22.8. The van der Waals surface area contributed by atoms with Crippen molar-refractivity contribution in [3.63, 3.8) is 0 Å². The Kier molecular flexibility index (Phi) is 3.17. The highest BCUT2D eigenvalue weighted by atomic mass is 16.4. The first-order valence-corrected chi connectivity index (χ1v) is 5.19. The monoisotopic (exact) mass is 236 g/mol. The van der Waals surface area contributed by atoms with Gasteiger partial charge in [0.05, 0.1) is 0 Å². The smallest absolute Gasteiger partial charge is 0.303 e. The molecule has 2 rings (SSSR count). The molecule has 0 radical (unpaired) electrons. The summed E-state index contributed by atoms with van der Waals surface area (Å²) in [6, 6.07) is 1.72. The summed E-state index contributed by atoms with van der Waals surface area (Å²) >= 11 is 0. The molecule has 2 aromatic rings. The van der Waals surface area contributed by atoms with Gasteiger partial charge in [-0.3, -0.25) is 9.89 Å². The molecule has 1 unspecified atom stereocenters. The van der Waals surface area contributed by atoms with Crippen LogP contribution in [-0.2, 0) is 11.2 Å². The predicted octanol–water partition coefficient (Wildman–Crippen LogP) is 1.11. The van der Waals surface area contributed by atoms with E-state index in [1.165, 1.54) is 0 Å². The highest BCUT2D eigenvalue weighted by molar-refractivity contribution is 5.66. The normalized spacial score (nSPS) is 12.5. The number of rotatable bonds is 5. The van der Waals surface area contributed by atoms with E-state index >= 15 is 0 Å². The number of aromatic amines is 1. The summed E-state index contributed by atoms with van der Waals surface area (Å²) in [7, 11) is 0. The van der Waals surface area contributed by atoms with Crippen molar-refractivity contribution in [3.8, 4) is 11.6 Å². The molecule has 0 saturated carbocycles. The van der Waals surface area contributed by atoms with E-state index in [9.17, 15) is 4.79 Å². The third-order valence-electron chi connectivity index (χ3n) is 2.24. The Hall–Kier alpha value is -2.18. The minimum absolute atomic E-state index is 0.0393. The molecular formula is C10H12N4O3. The average molecular weight is 236 g/mol. The van der Waals surface area contributed by atoms with Crippen LogP contribution in [0.2, 0.25) is 0 Å². The summed E-state index contributed by atoms with van der Waals surface area (Å²) in [6.07, 6.45) is 2.13. The number of nitrogens with zero attached hydrogens (tertiary/aromatic N) is 3. The fourth-order valence-electron chi connectivity index (χ4n) is 1.49. The molecule has 0 aliphatic rings. The quantitative estimate of drug-likeness (QED) is 0.805. The lowest BCUT2D eigenvalue weighted by molar-refractivity contribution is -0.137. The van der Waals surface area contributed by atoms with Crippen molar-refractivity contribution in [3.05, 3.63) is 18.2 Å². The fraction of sp³-hybridized carbons (Fsp3) is 0.400. The minimum Gasteiger partial charge on any atom is -0.481 e. The maximum absolute atomic E-state index is 10.5. The van der Waals surface area contributed by atoms with E-state index in [2.05, 4.69) is 20.4 Å². The Morgan fingerprint density at radius 2 is 2.41 bits per heavy atom. The molecular weight excluding hydrogens is 224 g/mol. The lowest BCUT2D eigenvalue weighted by atomic mass is 10.0.